The average molecular weight is 833 g/mol. The van der Waals surface area contributed by atoms with Gasteiger partial charge in [0.2, 0.25) is 11.8 Å². The second-order valence-corrected chi connectivity index (χ2v) is 13.7. The van der Waals surface area contributed by atoms with Crippen molar-refractivity contribution in [3.8, 4) is 0 Å². The second kappa shape index (κ2) is 26.6. The normalized spacial score (nSPS) is 20.6. The fourth-order valence-electron chi connectivity index (χ4n) is 5.76. The monoisotopic (exact) mass is 832 g/mol. The van der Waals surface area contributed by atoms with Crippen molar-refractivity contribution < 1.29 is 68.3 Å². The highest BCUT2D eigenvalue weighted by Crippen LogP contribution is 2.34. The highest BCUT2D eigenvalue weighted by Gasteiger charge is 2.55. The first-order valence-corrected chi connectivity index (χ1v) is 19.3. The summed E-state index contributed by atoms with van der Waals surface area (Å²) >= 11 is 5.88. The standard InChI is InChI=1S/C36H57ClN6O14/c37-26-7-5-25(6-8-26)19-30(47)39-21-29(46)33(49)34-32(40-31(48)23-44)28(45)20-36(57-34,35(50)51)56-11-4-2-1-3-10-43-22-27(41-42-43)24-55-18-17-54-16-15-53-14-13-52-12-9-38/h5-8,22,28-29,32-34,44-46,49H,1-4,9-21,23-24,38H2,(H,39,47)(H,40,48)(H,50,51)/t28-,29+,32+,33+,34+,36+/m0/s1. The van der Waals surface area contributed by atoms with Crippen molar-refractivity contribution >= 4 is 29.4 Å². The number of nitrogens with one attached hydrogen (secondary N) is 2. The van der Waals surface area contributed by atoms with E-state index in [0.29, 0.717) is 88.5 Å². The molecule has 0 spiro atoms. The number of hydrogen-bond acceptors (Lipinski definition) is 16. The summed E-state index contributed by atoms with van der Waals surface area (Å²) in [6.45, 7) is 3.00. The maximum Gasteiger partial charge on any atom is 0.364 e. The van der Waals surface area contributed by atoms with Gasteiger partial charge in [-0.3, -0.25) is 14.3 Å². The Morgan fingerprint density at radius 3 is 2.25 bits per heavy atom. The molecule has 57 heavy (non-hydrogen) atoms. The number of aliphatic hydroxyl groups excluding tert-OH is 4. The van der Waals surface area contributed by atoms with Crippen molar-refractivity contribution in [1.29, 1.82) is 0 Å². The molecule has 0 radical (unpaired) electrons. The molecule has 0 saturated carbocycles. The van der Waals surface area contributed by atoms with Gasteiger partial charge in [-0.05, 0) is 30.5 Å². The summed E-state index contributed by atoms with van der Waals surface area (Å²) in [4.78, 5) is 37.1. The van der Waals surface area contributed by atoms with Crippen molar-refractivity contribution in [1.82, 2.24) is 25.6 Å². The predicted octanol–water partition coefficient (Wildman–Crippen LogP) is -1.48. The second-order valence-electron chi connectivity index (χ2n) is 13.2. The van der Waals surface area contributed by atoms with Gasteiger partial charge in [-0.25, -0.2) is 4.79 Å². The molecule has 1 saturated heterocycles. The van der Waals surface area contributed by atoms with Gasteiger partial charge < -0.3 is 70.3 Å². The van der Waals surface area contributed by atoms with Crippen LogP contribution in [0.5, 0.6) is 0 Å². The molecule has 9 N–H and O–H groups in total. The lowest BCUT2D eigenvalue weighted by molar-refractivity contribution is -0.310. The highest BCUT2D eigenvalue weighted by molar-refractivity contribution is 6.30. The average Bonchev–Trinajstić information content (AvgIpc) is 3.65. The maximum absolute atomic E-state index is 12.5. The number of aliphatic hydroxyl groups is 4. The van der Waals surface area contributed by atoms with E-state index in [0.717, 1.165) is 12.8 Å². The minimum Gasteiger partial charge on any atom is -0.477 e. The Bertz CT molecular complexity index is 1460. The number of unbranched alkanes of at least 4 members (excludes halogenated alkanes) is 3. The number of nitrogens with two attached hydrogens (primary N) is 1. The number of hydrogen-bond donors (Lipinski definition) is 8. The van der Waals surface area contributed by atoms with Gasteiger partial charge in [-0.15, -0.1) is 5.10 Å². The fourth-order valence-corrected chi connectivity index (χ4v) is 5.88. The lowest BCUT2D eigenvalue weighted by Gasteiger charge is -2.46. The quantitative estimate of drug-likeness (QED) is 0.0417. The number of halogens is 1. The zero-order valence-corrected chi connectivity index (χ0v) is 32.7. The summed E-state index contributed by atoms with van der Waals surface area (Å²) in [7, 11) is 0. The Morgan fingerprint density at radius 1 is 0.947 bits per heavy atom. The maximum atomic E-state index is 12.5. The van der Waals surface area contributed by atoms with Crippen molar-refractivity contribution in [3.05, 3.63) is 46.7 Å². The van der Waals surface area contributed by atoms with E-state index < -0.39 is 73.6 Å². The molecule has 2 amide bonds. The number of carboxylic acids is 1. The SMILES string of the molecule is NCCOCCOCCOCCOCc1cn(CCCCCCO[C@]2(C(=O)O)C[C@H](O)[C@@H](NC(=O)CO)[C@H]([C@H](O)[C@H](O)CNC(=O)Cc3ccc(Cl)cc3)O2)nn1. The Labute approximate surface area is 335 Å². The number of carboxylic acid groups (broad SMARTS) is 1. The van der Waals surface area contributed by atoms with E-state index >= 15 is 0 Å². The van der Waals surface area contributed by atoms with Crippen LogP contribution in [0.4, 0.5) is 0 Å². The molecule has 2 aromatic rings. The van der Waals surface area contributed by atoms with Gasteiger partial charge >= 0.3 is 5.97 Å². The van der Waals surface area contributed by atoms with Gasteiger partial charge in [0.05, 0.1) is 90.3 Å². The minimum atomic E-state index is -2.44. The number of aromatic nitrogens is 3. The molecule has 2 heterocycles. The van der Waals surface area contributed by atoms with Gasteiger partial charge in [0.25, 0.3) is 5.79 Å². The zero-order valence-electron chi connectivity index (χ0n) is 31.9. The van der Waals surface area contributed by atoms with E-state index in [-0.39, 0.29) is 19.6 Å². The van der Waals surface area contributed by atoms with E-state index in [9.17, 15) is 39.9 Å². The molecular formula is C36H57ClN6O14. The van der Waals surface area contributed by atoms with Crippen LogP contribution in [-0.2, 0) is 62.4 Å². The molecule has 21 heteroatoms. The molecule has 1 aliphatic heterocycles. The third kappa shape index (κ3) is 17.6. The Morgan fingerprint density at radius 2 is 1.60 bits per heavy atom. The van der Waals surface area contributed by atoms with Crippen molar-refractivity contribution in [3.63, 3.8) is 0 Å². The molecule has 0 bridgehead atoms. The third-order valence-corrected chi connectivity index (χ3v) is 8.97. The van der Waals surface area contributed by atoms with Crippen LogP contribution in [-0.4, -0.2) is 167 Å². The first-order valence-electron chi connectivity index (χ1n) is 18.9. The first kappa shape index (κ1) is 48.0. The number of benzene rings is 1. The Hall–Kier alpha value is -3.38. The fraction of sp³-hybridized carbons (Fsp3) is 0.694. The Kier molecular flexibility index (Phi) is 22.4. The van der Waals surface area contributed by atoms with E-state index in [1.54, 1.807) is 35.1 Å². The van der Waals surface area contributed by atoms with Gasteiger partial charge in [0, 0.05) is 31.1 Å². The number of aliphatic carboxylic acids is 1. The van der Waals surface area contributed by atoms with E-state index in [4.69, 9.17) is 45.8 Å². The van der Waals surface area contributed by atoms with Gasteiger partial charge in [-0.2, -0.15) is 0 Å². The summed E-state index contributed by atoms with van der Waals surface area (Å²) < 4.78 is 34.8. The number of carbonyl (C=O) groups excluding carboxylic acids is 2. The summed E-state index contributed by atoms with van der Waals surface area (Å²) in [5.74, 6) is -5.47. The molecular weight excluding hydrogens is 776 g/mol. The largest absolute Gasteiger partial charge is 0.477 e. The van der Waals surface area contributed by atoms with E-state index in [2.05, 4.69) is 20.9 Å². The zero-order chi connectivity index (χ0) is 41.5. The molecule has 322 valence electrons. The van der Waals surface area contributed by atoms with Crippen LogP contribution >= 0.6 is 11.6 Å². The molecule has 6 atom stereocenters. The molecule has 1 aliphatic rings. The predicted molar refractivity (Wildman–Crippen MR) is 201 cm³/mol. The van der Waals surface area contributed by atoms with Crippen LogP contribution in [0.25, 0.3) is 0 Å². The Balaban J connectivity index is 1.39. The molecule has 1 fully saturated rings. The summed E-state index contributed by atoms with van der Waals surface area (Å²) in [5, 5.41) is 65.8. The van der Waals surface area contributed by atoms with Crippen LogP contribution in [0.3, 0.4) is 0 Å². The summed E-state index contributed by atoms with van der Waals surface area (Å²) in [6, 6.07) is 5.09. The minimum absolute atomic E-state index is 0.0518. The number of aryl methyl sites for hydroxylation is 1. The van der Waals surface area contributed by atoms with Crippen LogP contribution < -0.4 is 16.4 Å². The van der Waals surface area contributed by atoms with Crippen molar-refractivity contribution in [2.24, 2.45) is 5.73 Å². The van der Waals surface area contributed by atoms with E-state index in [1.807, 2.05) is 0 Å². The van der Waals surface area contributed by atoms with Crippen LogP contribution in [0.2, 0.25) is 5.02 Å². The number of nitrogens with zero attached hydrogens (tertiary/aromatic N) is 3. The van der Waals surface area contributed by atoms with Gasteiger partial charge in [0.1, 0.15) is 24.5 Å². The third-order valence-electron chi connectivity index (χ3n) is 8.72. The number of amides is 2. The summed E-state index contributed by atoms with van der Waals surface area (Å²) in [5.41, 5.74) is 6.66. The van der Waals surface area contributed by atoms with Crippen molar-refractivity contribution in [2.75, 3.05) is 72.6 Å². The molecule has 0 unspecified atom stereocenters. The van der Waals surface area contributed by atoms with Gasteiger partial charge in [0.15, 0.2) is 0 Å². The summed E-state index contributed by atoms with van der Waals surface area (Å²) in [6.07, 6.45) is -3.35. The van der Waals surface area contributed by atoms with Gasteiger partial charge in [-0.1, -0.05) is 41.8 Å². The first-order chi connectivity index (χ1) is 27.5. The van der Waals surface area contributed by atoms with Crippen LogP contribution in [0, 0.1) is 0 Å². The molecule has 20 nitrogen and oxygen atoms in total. The van der Waals surface area contributed by atoms with E-state index in [1.165, 1.54) is 0 Å². The molecule has 0 aliphatic carbocycles. The number of rotatable bonds is 30. The number of carbonyl (C=O) groups is 3. The molecule has 3 rings (SSSR count). The lowest BCUT2D eigenvalue weighted by Crippen LogP contribution is -2.68. The van der Waals surface area contributed by atoms with Crippen LogP contribution in [0.1, 0.15) is 43.4 Å². The molecule has 1 aromatic carbocycles. The lowest BCUT2D eigenvalue weighted by atomic mass is 9.88. The van der Waals surface area contributed by atoms with Crippen LogP contribution in [0.15, 0.2) is 30.5 Å². The van der Waals surface area contributed by atoms with Crippen molar-refractivity contribution in [2.45, 2.75) is 87.9 Å². The topological polar surface area (TPSA) is 289 Å². The smallest absolute Gasteiger partial charge is 0.364 e. The molecule has 1 aromatic heterocycles. The number of ether oxygens (including phenoxy) is 6. The highest BCUT2D eigenvalue weighted by atomic mass is 35.5.